The smallest absolute Gasteiger partial charge is 0.264 e. The molecule has 0 amide bonds. The summed E-state index contributed by atoms with van der Waals surface area (Å²) in [6.45, 7) is 5.28. The highest BCUT2D eigenvalue weighted by Crippen LogP contribution is 2.25. The Morgan fingerprint density at radius 2 is 2.00 bits per heavy atom. The molecule has 0 aliphatic rings. The summed E-state index contributed by atoms with van der Waals surface area (Å²) >= 11 is 0. The first-order chi connectivity index (χ1) is 7.29. The lowest BCUT2D eigenvalue weighted by Gasteiger charge is -2.19. The van der Waals surface area contributed by atoms with Crippen molar-refractivity contribution in [1.82, 2.24) is 0 Å². The summed E-state index contributed by atoms with van der Waals surface area (Å²) < 4.78 is 25.2. The molecule has 0 saturated heterocycles. The average molecular weight is 229 g/mol. The molecule has 0 atom stereocenters. The van der Waals surface area contributed by atoms with Gasteiger partial charge >= 0.3 is 0 Å². The van der Waals surface area contributed by atoms with E-state index in [0.717, 1.165) is 0 Å². The Kier molecular flexibility index (Phi) is 3.86. The van der Waals surface area contributed by atoms with Crippen LogP contribution in [-0.4, -0.2) is 17.3 Å². The second-order valence-corrected chi connectivity index (χ2v) is 4.54. The Bertz CT molecular complexity index is 359. The number of hydrogen-bond donors (Lipinski definition) is 2. The number of aryl methyl sites for hydroxylation is 1. The molecule has 0 aliphatic heterocycles. The van der Waals surface area contributed by atoms with Crippen LogP contribution < -0.4 is 5.32 Å². The van der Waals surface area contributed by atoms with Gasteiger partial charge in [0.2, 0.25) is 0 Å². The highest BCUT2D eigenvalue weighted by Gasteiger charge is 2.14. The summed E-state index contributed by atoms with van der Waals surface area (Å²) in [5, 5.41) is 12.4. The number of benzene rings is 1. The first-order valence-electron chi connectivity index (χ1n) is 5.14. The monoisotopic (exact) mass is 229 g/mol. The molecule has 0 radical (unpaired) electrons. The zero-order valence-corrected chi connectivity index (χ0v) is 9.72. The maximum atomic E-state index is 12.6. The van der Waals surface area contributed by atoms with Crippen molar-refractivity contribution < 1.29 is 13.9 Å². The largest absolute Gasteiger partial charge is 0.389 e. The Balaban J connectivity index is 2.79. The molecule has 0 aliphatic carbocycles. The van der Waals surface area contributed by atoms with Crippen molar-refractivity contribution in [2.45, 2.75) is 32.8 Å². The van der Waals surface area contributed by atoms with Crippen LogP contribution in [0.15, 0.2) is 18.2 Å². The lowest BCUT2D eigenvalue weighted by molar-refractivity contribution is 0.0945. The third-order valence-electron chi connectivity index (χ3n) is 2.24. The first kappa shape index (κ1) is 12.9. The van der Waals surface area contributed by atoms with Crippen LogP contribution in [0.25, 0.3) is 0 Å². The van der Waals surface area contributed by atoms with E-state index in [1.165, 1.54) is 6.07 Å². The van der Waals surface area contributed by atoms with Crippen LogP contribution >= 0.6 is 0 Å². The highest BCUT2D eigenvalue weighted by molar-refractivity contribution is 5.49. The van der Waals surface area contributed by atoms with Crippen LogP contribution in [0.4, 0.5) is 14.5 Å². The number of halogens is 2. The Hall–Kier alpha value is -1.16. The number of rotatable bonds is 4. The molecule has 0 bridgehead atoms. The molecule has 0 heterocycles. The predicted molar refractivity (Wildman–Crippen MR) is 60.9 cm³/mol. The fourth-order valence-electron chi connectivity index (χ4n) is 1.30. The number of alkyl halides is 2. The SMILES string of the molecule is Cc1ccc(NCC(C)(C)O)cc1C(F)F. The fourth-order valence-corrected chi connectivity index (χ4v) is 1.30. The summed E-state index contributed by atoms with van der Waals surface area (Å²) in [5.41, 5.74) is 0.336. The van der Waals surface area contributed by atoms with E-state index in [-0.39, 0.29) is 5.56 Å². The summed E-state index contributed by atoms with van der Waals surface area (Å²) in [6, 6.07) is 4.80. The minimum absolute atomic E-state index is 0.0285. The third-order valence-corrected chi connectivity index (χ3v) is 2.24. The van der Waals surface area contributed by atoms with Gasteiger partial charge in [-0.05, 0) is 38.5 Å². The highest BCUT2D eigenvalue weighted by atomic mass is 19.3. The van der Waals surface area contributed by atoms with Gasteiger partial charge < -0.3 is 10.4 Å². The van der Waals surface area contributed by atoms with Crippen molar-refractivity contribution in [3.05, 3.63) is 29.3 Å². The lowest BCUT2D eigenvalue weighted by atomic mass is 10.1. The van der Waals surface area contributed by atoms with E-state index in [2.05, 4.69) is 5.32 Å². The third kappa shape index (κ3) is 3.77. The maximum absolute atomic E-state index is 12.6. The summed E-state index contributed by atoms with van der Waals surface area (Å²) in [5.74, 6) is 0. The van der Waals surface area contributed by atoms with Gasteiger partial charge in [0, 0.05) is 17.8 Å². The van der Waals surface area contributed by atoms with Gasteiger partial charge in [0.05, 0.1) is 5.60 Å². The first-order valence-corrected chi connectivity index (χ1v) is 5.14. The molecule has 0 fully saturated rings. The van der Waals surface area contributed by atoms with Crippen molar-refractivity contribution >= 4 is 5.69 Å². The van der Waals surface area contributed by atoms with E-state index in [1.54, 1.807) is 32.9 Å². The van der Waals surface area contributed by atoms with Crippen molar-refractivity contribution in [3.8, 4) is 0 Å². The maximum Gasteiger partial charge on any atom is 0.264 e. The van der Waals surface area contributed by atoms with Crippen LogP contribution in [0.5, 0.6) is 0 Å². The van der Waals surface area contributed by atoms with E-state index in [0.29, 0.717) is 17.8 Å². The molecule has 1 aromatic carbocycles. The average Bonchev–Trinajstić information content (AvgIpc) is 2.14. The minimum atomic E-state index is -2.47. The second-order valence-electron chi connectivity index (χ2n) is 4.54. The quantitative estimate of drug-likeness (QED) is 0.831. The zero-order chi connectivity index (χ0) is 12.3. The van der Waals surface area contributed by atoms with Gasteiger partial charge in [-0.2, -0.15) is 0 Å². The Morgan fingerprint density at radius 1 is 1.38 bits per heavy atom. The van der Waals surface area contributed by atoms with E-state index in [9.17, 15) is 13.9 Å². The van der Waals surface area contributed by atoms with Crippen LogP contribution in [0.3, 0.4) is 0 Å². The number of anilines is 1. The molecule has 1 rings (SSSR count). The number of hydrogen-bond acceptors (Lipinski definition) is 2. The molecular formula is C12H17F2NO. The molecule has 2 nitrogen and oxygen atoms in total. The number of aliphatic hydroxyl groups is 1. The van der Waals surface area contributed by atoms with E-state index < -0.39 is 12.0 Å². The molecule has 0 spiro atoms. The van der Waals surface area contributed by atoms with Gasteiger partial charge in [0.15, 0.2) is 0 Å². The van der Waals surface area contributed by atoms with Crippen LogP contribution in [0.1, 0.15) is 31.4 Å². The van der Waals surface area contributed by atoms with E-state index in [1.807, 2.05) is 0 Å². The van der Waals surface area contributed by atoms with Crippen molar-refractivity contribution in [2.24, 2.45) is 0 Å². The normalized spacial score (nSPS) is 11.9. The molecule has 90 valence electrons. The zero-order valence-electron chi connectivity index (χ0n) is 9.72. The van der Waals surface area contributed by atoms with Crippen molar-refractivity contribution in [3.63, 3.8) is 0 Å². The molecule has 16 heavy (non-hydrogen) atoms. The van der Waals surface area contributed by atoms with Crippen LogP contribution in [-0.2, 0) is 0 Å². The van der Waals surface area contributed by atoms with Crippen LogP contribution in [0.2, 0.25) is 0 Å². The fraction of sp³-hybridized carbons (Fsp3) is 0.500. The molecule has 4 heteroatoms. The van der Waals surface area contributed by atoms with E-state index >= 15 is 0 Å². The standard InChI is InChI=1S/C12H17F2NO/c1-8-4-5-9(6-10(8)11(13)14)15-7-12(2,3)16/h4-6,11,15-16H,7H2,1-3H3. The number of nitrogens with one attached hydrogen (secondary N) is 1. The molecule has 2 N–H and O–H groups in total. The van der Waals surface area contributed by atoms with Gasteiger partial charge in [0.25, 0.3) is 6.43 Å². The van der Waals surface area contributed by atoms with Gasteiger partial charge in [-0.25, -0.2) is 8.78 Å². The lowest BCUT2D eigenvalue weighted by Crippen LogP contribution is -2.29. The van der Waals surface area contributed by atoms with Crippen LogP contribution in [0, 0.1) is 6.92 Å². The second kappa shape index (κ2) is 4.78. The van der Waals surface area contributed by atoms with Gasteiger partial charge in [-0.15, -0.1) is 0 Å². The van der Waals surface area contributed by atoms with Crippen molar-refractivity contribution in [1.29, 1.82) is 0 Å². The molecule has 0 unspecified atom stereocenters. The van der Waals surface area contributed by atoms with Gasteiger partial charge in [-0.3, -0.25) is 0 Å². The Morgan fingerprint density at radius 3 is 2.50 bits per heavy atom. The van der Waals surface area contributed by atoms with Gasteiger partial charge in [0.1, 0.15) is 0 Å². The topological polar surface area (TPSA) is 32.3 Å². The van der Waals surface area contributed by atoms with Gasteiger partial charge in [-0.1, -0.05) is 6.07 Å². The van der Waals surface area contributed by atoms with E-state index in [4.69, 9.17) is 0 Å². The minimum Gasteiger partial charge on any atom is -0.389 e. The van der Waals surface area contributed by atoms with Crippen molar-refractivity contribution in [2.75, 3.05) is 11.9 Å². The predicted octanol–water partition coefficient (Wildman–Crippen LogP) is 3.12. The Labute approximate surface area is 94.3 Å². The summed E-state index contributed by atoms with van der Waals surface area (Å²) in [7, 11) is 0. The molecular weight excluding hydrogens is 212 g/mol. The molecule has 0 saturated carbocycles. The molecule has 0 aromatic heterocycles. The summed E-state index contributed by atoms with van der Waals surface area (Å²) in [4.78, 5) is 0. The summed E-state index contributed by atoms with van der Waals surface area (Å²) in [6.07, 6.45) is -2.47. The molecule has 1 aromatic rings.